The first-order valence-corrected chi connectivity index (χ1v) is 8.97. The predicted molar refractivity (Wildman–Crippen MR) is 92.3 cm³/mol. The van der Waals surface area contributed by atoms with Crippen molar-refractivity contribution in [3.8, 4) is 0 Å². The van der Waals surface area contributed by atoms with Gasteiger partial charge in [-0.05, 0) is 37.6 Å². The van der Waals surface area contributed by atoms with E-state index in [0.29, 0.717) is 6.04 Å². The number of rotatable bonds is 5. The topological polar surface area (TPSA) is 15.3 Å². The highest BCUT2D eigenvalue weighted by atomic mass is 35.5. The number of hydrogen-bond acceptors (Lipinski definition) is 3. The largest absolute Gasteiger partial charge is 0.370 e. The van der Waals surface area contributed by atoms with Crippen molar-refractivity contribution in [3.63, 3.8) is 0 Å². The molecule has 20 heavy (non-hydrogen) atoms. The van der Waals surface area contributed by atoms with Crippen LogP contribution in [0.2, 0.25) is 5.02 Å². The zero-order valence-corrected chi connectivity index (χ0v) is 14.2. The van der Waals surface area contributed by atoms with Crippen LogP contribution in [0.3, 0.4) is 0 Å². The van der Waals surface area contributed by atoms with Gasteiger partial charge in [0, 0.05) is 40.8 Å². The minimum absolute atomic E-state index is 0.307. The van der Waals surface area contributed by atoms with Crippen molar-refractivity contribution >= 4 is 29.1 Å². The molecule has 112 valence electrons. The number of nitrogens with one attached hydrogen (secondary N) is 1. The molecule has 0 bridgehead atoms. The van der Waals surface area contributed by atoms with Gasteiger partial charge in [-0.25, -0.2) is 0 Å². The van der Waals surface area contributed by atoms with Crippen LogP contribution in [0.4, 0.5) is 5.69 Å². The number of anilines is 1. The number of thioether (sulfide) groups is 1. The molecule has 0 saturated carbocycles. The van der Waals surface area contributed by atoms with Crippen molar-refractivity contribution in [2.24, 2.45) is 0 Å². The molecule has 2 unspecified atom stereocenters. The highest BCUT2D eigenvalue weighted by Crippen LogP contribution is 2.31. The van der Waals surface area contributed by atoms with Crippen LogP contribution in [0.1, 0.15) is 38.8 Å². The maximum atomic E-state index is 6.48. The predicted octanol–water partition coefficient (Wildman–Crippen LogP) is 4.34. The summed E-state index contributed by atoms with van der Waals surface area (Å²) in [6.07, 6.45) is 1.24. The van der Waals surface area contributed by atoms with E-state index in [1.807, 2.05) is 0 Å². The molecule has 1 aromatic rings. The van der Waals surface area contributed by atoms with Gasteiger partial charge in [0.1, 0.15) is 0 Å². The molecule has 0 aliphatic carbocycles. The Balaban J connectivity index is 2.12. The summed E-state index contributed by atoms with van der Waals surface area (Å²) >= 11 is 8.57. The Morgan fingerprint density at radius 3 is 2.90 bits per heavy atom. The van der Waals surface area contributed by atoms with E-state index in [2.05, 4.69) is 60.9 Å². The van der Waals surface area contributed by atoms with Crippen molar-refractivity contribution in [1.29, 1.82) is 0 Å². The van der Waals surface area contributed by atoms with Crippen LogP contribution in [-0.2, 0) is 0 Å². The molecule has 0 radical (unpaired) electrons. The molecule has 1 saturated heterocycles. The van der Waals surface area contributed by atoms with Crippen LogP contribution < -0.4 is 10.2 Å². The Labute approximate surface area is 132 Å². The average molecular weight is 313 g/mol. The van der Waals surface area contributed by atoms with Gasteiger partial charge >= 0.3 is 0 Å². The molecule has 1 aliphatic rings. The first-order chi connectivity index (χ1) is 9.65. The summed E-state index contributed by atoms with van der Waals surface area (Å²) in [6, 6.07) is 6.83. The lowest BCUT2D eigenvalue weighted by Crippen LogP contribution is -2.37. The van der Waals surface area contributed by atoms with E-state index < -0.39 is 0 Å². The van der Waals surface area contributed by atoms with Gasteiger partial charge in [0.25, 0.3) is 0 Å². The van der Waals surface area contributed by atoms with E-state index in [4.69, 9.17) is 11.6 Å². The quantitative estimate of drug-likeness (QED) is 0.870. The Bertz CT molecular complexity index is 438. The first-order valence-electron chi connectivity index (χ1n) is 7.55. The van der Waals surface area contributed by atoms with Crippen molar-refractivity contribution in [3.05, 3.63) is 28.8 Å². The summed E-state index contributed by atoms with van der Waals surface area (Å²) in [7, 11) is 0. The average Bonchev–Trinajstić information content (AvgIpc) is 2.47. The first kappa shape index (κ1) is 16.0. The maximum Gasteiger partial charge on any atom is 0.0474 e. The lowest BCUT2D eigenvalue weighted by molar-refractivity contribution is 0.598. The fourth-order valence-corrected chi connectivity index (χ4v) is 4.20. The fourth-order valence-electron chi connectivity index (χ4n) is 2.68. The molecular weight excluding hydrogens is 288 g/mol. The van der Waals surface area contributed by atoms with E-state index in [1.165, 1.54) is 23.4 Å². The molecule has 2 rings (SSSR count). The van der Waals surface area contributed by atoms with Gasteiger partial charge in [0.2, 0.25) is 0 Å². The van der Waals surface area contributed by atoms with Crippen molar-refractivity contribution in [1.82, 2.24) is 5.32 Å². The second-order valence-electron chi connectivity index (χ2n) is 5.33. The highest BCUT2D eigenvalue weighted by Gasteiger charge is 2.20. The van der Waals surface area contributed by atoms with Crippen molar-refractivity contribution < 1.29 is 0 Å². The summed E-state index contributed by atoms with van der Waals surface area (Å²) in [5.41, 5.74) is 2.46. The Morgan fingerprint density at radius 2 is 2.25 bits per heavy atom. The Hall–Kier alpha value is -0.380. The SMILES string of the molecule is CCNC(C)c1ccc(N2CCSC(CC)C2)cc1Cl. The lowest BCUT2D eigenvalue weighted by atomic mass is 10.1. The summed E-state index contributed by atoms with van der Waals surface area (Å²) in [6.45, 7) is 9.78. The standard InChI is InChI=1S/C16H25ClN2S/c1-4-14-11-19(8-9-20-14)13-6-7-15(16(17)10-13)12(3)18-5-2/h6-7,10,12,14,18H,4-5,8-9,11H2,1-3H3. The van der Waals surface area contributed by atoms with Crippen LogP contribution in [0.15, 0.2) is 18.2 Å². The monoisotopic (exact) mass is 312 g/mol. The number of nitrogens with zero attached hydrogens (tertiary/aromatic N) is 1. The molecule has 2 atom stereocenters. The van der Waals surface area contributed by atoms with Gasteiger partial charge in [0.05, 0.1) is 0 Å². The molecule has 0 aromatic heterocycles. The van der Waals surface area contributed by atoms with E-state index in [9.17, 15) is 0 Å². The molecule has 0 amide bonds. The summed E-state index contributed by atoms with van der Waals surface area (Å²) in [5, 5.41) is 5.05. The van der Waals surface area contributed by atoms with Crippen LogP contribution in [0.25, 0.3) is 0 Å². The van der Waals surface area contributed by atoms with E-state index in [1.54, 1.807) is 0 Å². The Morgan fingerprint density at radius 1 is 1.45 bits per heavy atom. The van der Waals surface area contributed by atoms with Crippen LogP contribution >= 0.6 is 23.4 Å². The third kappa shape index (κ3) is 3.84. The zero-order chi connectivity index (χ0) is 14.5. The minimum atomic E-state index is 0.307. The van der Waals surface area contributed by atoms with Crippen molar-refractivity contribution in [2.45, 2.75) is 38.5 Å². The smallest absolute Gasteiger partial charge is 0.0474 e. The van der Waals surface area contributed by atoms with E-state index >= 15 is 0 Å². The highest BCUT2D eigenvalue weighted by molar-refractivity contribution is 8.00. The number of halogens is 1. The summed E-state index contributed by atoms with van der Waals surface area (Å²) in [4.78, 5) is 2.47. The molecule has 2 nitrogen and oxygen atoms in total. The third-order valence-corrected chi connectivity index (χ3v) is 5.62. The molecule has 4 heteroatoms. The second kappa shape index (κ2) is 7.58. The molecule has 1 N–H and O–H groups in total. The molecular formula is C16H25ClN2S. The fraction of sp³-hybridized carbons (Fsp3) is 0.625. The summed E-state index contributed by atoms with van der Waals surface area (Å²) < 4.78 is 0. The third-order valence-electron chi connectivity index (χ3n) is 3.92. The number of hydrogen-bond donors (Lipinski definition) is 1. The van der Waals surface area contributed by atoms with Crippen molar-refractivity contribution in [2.75, 3.05) is 30.3 Å². The van der Waals surface area contributed by atoms with Crippen LogP contribution in [0, 0.1) is 0 Å². The Kier molecular flexibility index (Phi) is 6.06. The van der Waals surface area contributed by atoms with Crippen LogP contribution in [-0.4, -0.2) is 30.6 Å². The van der Waals surface area contributed by atoms with E-state index in [-0.39, 0.29) is 0 Å². The van der Waals surface area contributed by atoms with E-state index in [0.717, 1.165) is 29.9 Å². The van der Waals surface area contributed by atoms with Gasteiger partial charge in [-0.1, -0.05) is 31.5 Å². The normalized spacial score (nSPS) is 21.0. The van der Waals surface area contributed by atoms with Gasteiger partial charge in [-0.2, -0.15) is 11.8 Å². The molecule has 1 aromatic carbocycles. The zero-order valence-electron chi connectivity index (χ0n) is 12.7. The molecule has 1 fully saturated rings. The number of benzene rings is 1. The molecule has 0 spiro atoms. The van der Waals surface area contributed by atoms with Gasteiger partial charge in [-0.3, -0.25) is 0 Å². The van der Waals surface area contributed by atoms with Gasteiger partial charge in [-0.15, -0.1) is 0 Å². The van der Waals surface area contributed by atoms with Gasteiger partial charge < -0.3 is 10.2 Å². The summed E-state index contributed by atoms with van der Waals surface area (Å²) in [5.74, 6) is 1.21. The van der Waals surface area contributed by atoms with Crippen LogP contribution in [0.5, 0.6) is 0 Å². The maximum absolute atomic E-state index is 6.48. The molecule has 1 heterocycles. The lowest BCUT2D eigenvalue weighted by Gasteiger charge is -2.34. The minimum Gasteiger partial charge on any atom is -0.370 e. The second-order valence-corrected chi connectivity index (χ2v) is 7.15. The van der Waals surface area contributed by atoms with Gasteiger partial charge in [0.15, 0.2) is 0 Å². The molecule has 1 aliphatic heterocycles.